The van der Waals surface area contributed by atoms with Crippen LogP contribution < -0.4 is 4.72 Å². The number of nitrogens with one attached hydrogen (secondary N) is 1. The van der Waals surface area contributed by atoms with Crippen LogP contribution in [0.5, 0.6) is 0 Å². The van der Waals surface area contributed by atoms with E-state index in [1.54, 1.807) is 6.92 Å². The van der Waals surface area contributed by atoms with Gasteiger partial charge >= 0.3 is 0 Å². The fourth-order valence-electron chi connectivity index (χ4n) is 1.53. The van der Waals surface area contributed by atoms with Crippen LogP contribution >= 0.6 is 0 Å². The predicted octanol–water partition coefficient (Wildman–Crippen LogP) is 0.728. The summed E-state index contributed by atoms with van der Waals surface area (Å²) < 4.78 is 31.0. The maximum Gasteiger partial charge on any atom is 0.241 e. The number of aromatic nitrogens is 2. The molecule has 0 atom stereocenters. The molecule has 1 heterocycles. The number of sulfonamides is 1. The zero-order valence-electron chi connectivity index (χ0n) is 9.99. The van der Waals surface area contributed by atoms with E-state index in [0.717, 1.165) is 6.39 Å². The van der Waals surface area contributed by atoms with Crippen molar-refractivity contribution >= 4 is 10.0 Å². The molecule has 2 aromatic rings. The van der Waals surface area contributed by atoms with Gasteiger partial charge in [-0.3, -0.25) is 0 Å². The highest BCUT2D eigenvalue weighted by Gasteiger charge is 2.17. The Balaban J connectivity index is 2.22. The van der Waals surface area contributed by atoms with Crippen LogP contribution in [0.15, 0.2) is 34.0 Å². The third-order valence-electron chi connectivity index (χ3n) is 2.42. The van der Waals surface area contributed by atoms with Gasteiger partial charge in [-0.2, -0.15) is 10.2 Å². The molecule has 0 bridgehead atoms. The third kappa shape index (κ3) is 2.96. The SMILES string of the molecule is Cc1cc(C#N)ccc1S(=O)(=O)NCc1ncon1. The number of hydrogen-bond acceptors (Lipinski definition) is 6. The van der Waals surface area contributed by atoms with E-state index < -0.39 is 10.0 Å². The van der Waals surface area contributed by atoms with Gasteiger partial charge in [-0.15, -0.1) is 0 Å². The van der Waals surface area contributed by atoms with E-state index >= 15 is 0 Å². The van der Waals surface area contributed by atoms with E-state index in [2.05, 4.69) is 19.4 Å². The van der Waals surface area contributed by atoms with Crippen LogP contribution in [-0.2, 0) is 16.6 Å². The largest absolute Gasteiger partial charge is 0.343 e. The summed E-state index contributed by atoms with van der Waals surface area (Å²) in [6, 6.07) is 6.32. The first-order chi connectivity index (χ1) is 9.03. The lowest BCUT2D eigenvalue weighted by Crippen LogP contribution is -2.24. The lowest BCUT2D eigenvalue weighted by Gasteiger charge is -2.07. The molecule has 0 aliphatic heterocycles. The van der Waals surface area contributed by atoms with Crippen molar-refractivity contribution in [1.29, 1.82) is 5.26 Å². The van der Waals surface area contributed by atoms with Gasteiger partial charge in [0.05, 0.1) is 23.1 Å². The van der Waals surface area contributed by atoms with Gasteiger partial charge in [0, 0.05) is 0 Å². The molecule has 0 saturated carbocycles. The van der Waals surface area contributed by atoms with E-state index in [-0.39, 0.29) is 17.3 Å². The van der Waals surface area contributed by atoms with Gasteiger partial charge in [0.25, 0.3) is 0 Å². The van der Waals surface area contributed by atoms with Crippen LogP contribution in [0.1, 0.15) is 17.0 Å². The molecule has 0 aliphatic rings. The second kappa shape index (κ2) is 5.17. The zero-order valence-corrected chi connectivity index (χ0v) is 10.8. The molecule has 0 unspecified atom stereocenters. The Hall–Kier alpha value is -2.24. The Kier molecular flexibility index (Phi) is 3.59. The minimum absolute atomic E-state index is 0.0573. The number of nitrogens with zero attached hydrogens (tertiary/aromatic N) is 3. The van der Waals surface area contributed by atoms with Crippen molar-refractivity contribution in [2.75, 3.05) is 0 Å². The van der Waals surface area contributed by atoms with Gasteiger partial charge in [0.2, 0.25) is 16.4 Å². The Labute approximate surface area is 109 Å². The standard InChI is InChI=1S/C11H10N4O3S/c1-8-4-9(5-12)2-3-10(8)19(16,17)14-6-11-13-7-18-15-11/h2-4,7,14H,6H2,1H3. The van der Waals surface area contributed by atoms with Crippen molar-refractivity contribution in [2.24, 2.45) is 0 Å². The summed E-state index contributed by atoms with van der Waals surface area (Å²) in [6.07, 6.45) is 1.12. The monoisotopic (exact) mass is 278 g/mol. The molecule has 0 spiro atoms. The van der Waals surface area contributed by atoms with Gasteiger partial charge in [0.15, 0.2) is 5.82 Å². The van der Waals surface area contributed by atoms with Crippen molar-refractivity contribution < 1.29 is 12.9 Å². The maximum absolute atomic E-state index is 12.1. The maximum atomic E-state index is 12.1. The summed E-state index contributed by atoms with van der Waals surface area (Å²) in [5, 5.41) is 12.2. The first-order valence-electron chi connectivity index (χ1n) is 5.28. The third-order valence-corrected chi connectivity index (χ3v) is 3.98. The van der Waals surface area contributed by atoms with Crippen LogP contribution in [0.2, 0.25) is 0 Å². The average molecular weight is 278 g/mol. The fourth-order valence-corrected chi connectivity index (χ4v) is 2.73. The van der Waals surface area contributed by atoms with Crippen molar-refractivity contribution in [3.05, 3.63) is 41.5 Å². The Bertz CT molecular complexity index is 717. The van der Waals surface area contributed by atoms with Crippen LogP contribution in [-0.4, -0.2) is 18.6 Å². The second-order valence-corrected chi connectivity index (χ2v) is 5.50. The van der Waals surface area contributed by atoms with E-state index in [4.69, 9.17) is 5.26 Å². The predicted molar refractivity (Wildman–Crippen MR) is 64.2 cm³/mol. The molecule has 1 aromatic carbocycles. The van der Waals surface area contributed by atoms with Gasteiger partial charge in [-0.1, -0.05) is 5.16 Å². The van der Waals surface area contributed by atoms with Crippen molar-refractivity contribution in [3.8, 4) is 6.07 Å². The van der Waals surface area contributed by atoms with Crippen molar-refractivity contribution in [1.82, 2.24) is 14.9 Å². The molecule has 8 heteroatoms. The van der Waals surface area contributed by atoms with E-state index in [1.165, 1.54) is 18.2 Å². The molecule has 0 amide bonds. The molecule has 1 aromatic heterocycles. The normalized spacial score (nSPS) is 11.2. The Morgan fingerprint density at radius 1 is 1.47 bits per heavy atom. The summed E-state index contributed by atoms with van der Waals surface area (Å²) >= 11 is 0. The number of hydrogen-bond donors (Lipinski definition) is 1. The zero-order chi connectivity index (χ0) is 13.9. The van der Waals surface area contributed by atoms with Crippen LogP contribution in [0.4, 0.5) is 0 Å². The molecule has 0 fully saturated rings. The molecule has 1 N–H and O–H groups in total. The summed E-state index contributed by atoms with van der Waals surface area (Å²) in [7, 11) is -3.67. The highest BCUT2D eigenvalue weighted by atomic mass is 32.2. The number of benzene rings is 1. The molecule has 0 aliphatic carbocycles. The van der Waals surface area contributed by atoms with E-state index in [9.17, 15) is 8.42 Å². The lowest BCUT2D eigenvalue weighted by atomic mass is 10.2. The summed E-state index contributed by atoms with van der Waals surface area (Å²) in [5.41, 5.74) is 0.911. The lowest BCUT2D eigenvalue weighted by molar-refractivity contribution is 0.409. The van der Waals surface area contributed by atoms with Crippen molar-refractivity contribution in [3.63, 3.8) is 0 Å². The molecular formula is C11H10N4O3S. The highest BCUT2D eigenvalue weighted by Crippen LogP contribution is 2.16. The van der Waals surface area contributed by atoms with Gasteiger partial charge in [-0.25, -0.2) is 13.1 Å². The average Bonchev–Trinajstić information content (AvgIpc) is 2.89. The summed E-state index contributed by atoms with van der Waals surface area (Å²) in [5.74, 6) is 0.245. The van der Waals surface area contributed by atoms with Gasteiger partial charge in [-0.05, 0) is 30.7 Å². The minimum Gasteiger partial charge on any atom is -0.343 e. The summed E-state index contributed by atoms with van der Waals surface area (Å²) in [4.78, 5) is 3.84. The molecular weight excluding hydrogens is 268 g/mol. The Morgan fingerprint density at radius 3 is 2.84 bits per heavy atom. The second-order valence-electron chi connectivity index (χ2n) is 3.76. The van der Waals surface area contributed by atoms with Crippen LogP contribution in [0.25, 0.3) is 0 Å². The molecule has 19 heavy (non-hydrogen) atoms. The first kappa shape index (κ1) is 13.2. The number of nitriles is 1. The topological polar surface area (TPSA) is 109 Å². The summed E-state index contributed by atoms with van der Waals surface area (Å²) in [6.45, 7) is 1.57. The van der Waals surface area contributed by atoms with Crippen molar-refractivity contribution in [2.45, 2.75) is 18.4 Å². The smallest absolute Gasteiger partial charge is 0.241 e. The van der Waals surface area contributed by atoms with E-state index in [1.807, 2.05) is 6.07 Å². The Morgan fingerprint density at radius 2 is 2.26 bits per heavy atom. The molecule has 98 valence electrons. The quantitative estimate of drug-likeness (QED) is 0.882. The van der Waals surface area contributed by atoms with Crippen LogP contribution in [0, 0.1) is 18.3 Å². The molecule has 0 saturated heterocycles. The number of aryl methyl sites for hydroxylation is 1. The van der Waals surface area contributed by atoms with Gasteiger partial charge in [0.1, 0.15) is 0 Å². The van der Waals surface area contributed by atoms with E-state index in [0.29, 0.717) is 11.1 Å². The minimum atomic E-state index is -3.67. The molecule has 7 nitrogen and oxygen atoms in total. The first-order valence-corrected chi connectivity index (χ1v) is 6.77. The van der Waals surface area contributed by atoms with Gasteiger partial charge < -0.3 is 4.52 Å². The fraction of sp³-hybridized carbons (Fsp3) is 0.182. The molecule has 0 radical (unpaired) electrons. The van der Waals surface area contributed by atoms with Crippen LogP contribution in [0.3, 0.4) is 0 Å². The highest BCUT2D eigenvalue weighted by molar-refractivity contribution is 7.89. The molecule has 2 rings (SSSR count). The number of rotatable bonds is 4.